The first-order valence-electron chi connectivity index (χ1n) is 6.65. The van der Waals surface area contributed by atoms with Crippen LogP contribution in [0.3, 0.4) is 0 Å². The second kappa shape index (κ2) is 5.36. The molecule has 6 heteroatoms. The molecule has 2 fully saturated rings. The molecule has 0 spiro atoms. The molecule has 2 heterocycles. The van der Waals surface area contributed by atoms with Crippen molar-refractivity contribution >= 4 is 5.91 Å². The molecule has 110 valence electrons. The first-order chi connectivity index (χ1) is 8.84. The van der Waals surface area contributed by atoms with Crippen LogP contribution in [0.25, 0.3) is 0 Å². The van der Waals surface area contributed by atoms with E-state index >= 15 is 0 Å². The monoisotopic (exact) mass is 273 g/mol. The van der Waals surface area contributed by atoms with Crippen molar-refractivity contribution in [3.8, 4) is 0 Å². The molecule has 4 atom stereocenters. The van der Waals surface area contributed by atoms with Gasteiger partial charge in [-0.25, -0.2) is 0 Å². The Kier molecular flexibility index (Phi) is 4.15. The smallest absolute Gasteiger partial charge is 0.222 e. The Morgan fingerprint density at radius 2 is 1.95 bits per heavy atom. The Morgan fingerprint density at radius 1 is 1.32 bits per heavy atom. The highest BCUT2D eigenvalue weighted by atomic mass is 16.8. The molecule has 1 N–H and O–H groups in total. The second-order valence-corrected chi connectivity index (χ2v) is 5.74. The van der Waals surface area contributed by atoms with Crippen molar-refractivity contribution in [2.45, 2.75) is 58.1 Å². The van der Waals surface area contributed by atoms with E-state index in [9.17, 15) is 4.79 Å². The maximum atomic E-state index is 11.6. The van der Waals surface area contributed by atoms with Crippen LogP contribution in [-0.4, -0.2) is 50.0 Å². The van der Waals surface area contributed by atoms with Crippen LogP contribution >= 0.6 is 0 Å². The Balaban J connectivity index is 1.96. The number of hydrogen-bond donors (Lipinski definition) is 1. The van der Waals surface area contributed by atoms with Gasteiger partial charge in [-0.1, -0.05) is 13.8 Å². The minimum Gasteiger partial charge on any atom is -0.353 e. The summed E-state index contributed by atoms with van der Waals surface area (Å²) in [5, 5.41) is 2.85. The Labute approximate surface area is 113 Å². The zero-order chi connectivity index (χ0) is 14.2. The van der Waals surface area contributed by atoms with Gasteiger partial charge in [0.15, 0.2) is 12.1 Å². The number of ether oxygens (including phenoxy) is 4. The number of nitrogens with one attached hydrogen (secondary N) is 1. The average Bonchev–Trinajstić information content (AvgIpc) is 2.79. The molecule has 1 unspecified atom stereocenters. The van der Waals surface area contributed by atoms with Gasteiger partial charge in [0.25, 0.3) is 0 Å². The Bertz CT molecular complexity index is 344. The van der Waals surface area contributed by atoms with Gasteiger partial charge >= 0.3 is 0 Å². The lowest BCUT2D eigenvalue weighted by Gasteiger charge is -2.23. The molecule has 2 saturated heterocycles. The van der Waals surface area contributed by atoms with E-state index in [1.807, 2.05) is 27.7 Å². The first-order valence-corrected chi connectivity index (χ1v) is 6.65. The van der Waals surface area contributed by atoms with Gasteiger partial charge < -0.3 is 24.3 Å². The molecule has 2 aliphatic heterocycles. The van der Waals surface area contributed by atoms with Crippen molar-refractivity contribution in [1.82, 2.24) is 5.32 Å². The summed E-state index contributed by atoms with van der Waals surface area (Å²) in [6.07, 6.45) is -1.17. The van der Waals surface area contributed by atoms with Gasteiger partial charge in [-0.15, -0.1) is 0 Å². The molecule has 0 aromatic heterocycles. The highest BCUT2D eigenvalue weighted by molar-refractivity contribution is 5.77. The van der Waals surface area contributed by atoms with Crippen molar-refractivity contribution < 1.29 is 23.7 Å². The molecule has 2 aliphatic rings. The molecule has 0 aromatic carbocycles. The van der Waals surface area contributed by atoms with E-state index in [2.05, 4.69) is 5.32 Å². The van der Waals surface area contributed by atoms with Gasteiger partial charge in [-0.2, -0.15) is 0 Å². The normalized spacial score (nSPS) is 36.5. The number of amides is 1. The number of fused-ring (bicyclic) bond motifs is 1. The van der Waals surface area contributed by atoms with Gasteiger partial charge in [-0.3, -0.25) is 4.79 Å². The van der Waals surface area contributed by atoms with Gasteiger partial charge in [0.05, 0.1) is 0 Å². The maximum absolute atomic E-state index is 11.6. The minimum absolute atomic E-state index is 0.000748. The fourth-order valence-corrected chi connectivity index (χ4v) is 2.40. The zero-order valence-corrected chi connectivity index (χ0v) is 12.1. The van der Waals surface area contributed by atoms with Crippen LogP contribution in [0.15, 0.2) is 0 Å². The van der Waals surface area contributed by atoms with Crippen molar-refractivity contribution in [2.24, 2.45) is 5.92 Å². The molecule has 0 aliphatic carbocycles. The molecular weight excluding hydrogens is 250 g/mol. The largest absolute Gasteiger partial charge is 0.353 e. The predicted molar refractivity (Wildman–Crippen MR) is 67.3 cm³/mol. The fourth-order valence-electron chi connectivity index (χ4n) is 2.40. The van der Waals surface area contributed by atoms with E-state index in [1.165, 1.54) is 0 Å². The maximum Gasteiger partial charge on any atom is 0.222 e. The van der Waals surface area contributed by atoms with Crippen LogP contribution in [0.1, 0.15) is 27.7 Å². The quantitative estimate of drug-likeness (QED) is 0.814. The lowest BCUT2D eigenvalue weighted by Crippen LogP contribution is -2.41. The molecule has 19 heavy (non-hydrogen) atoms. The average molecular weight is 273 g/mol. The summed E-state index contributed by atoms with van der Waals surface area (Å²) in [7, 11) is 1.57. The van der Waals surface area contributed by atoms with E-state index in [1.54, 1.807) is 7.11 Å². The highest BCUT2D eigenvalue weighted by Gasteiger charge is 2.55. The van der Waals surface area contributed by atoms with Crippen molar-refractivity contribution in [3.63, 3.8) is 0 Å². The van der Waals surface area contributed by atoms with Crippen molar-refractivity contribution in [2.75, 3.05) is 13.7 Å². The molecule has 1 amide bonds. The lowest BCUT2D eigenvalue weighted by atomic mass is 10.1. The molecule has 6 nitrogen and oxygen atoms in total. The van der Waals surface area contributed by atoms with Gasteiger partial charge in [0.1, 0.15) is 18.3 Å². The summed E-state index contributed by atoms with van der Waals surface area (Å²) in [6, 6.07) is 0. The first kappa shape index (κ1) is 14.7. The van der Waals surface area contributed by atoms with E-state index in [0.717, 1.165) is 0 Å². The molecule has 0 radical (unpaired) electrons. The second-order valence-electron chi connectivity index (χ2n) is 5.74. The van der Waals surface area contributed by atoms with Crippen LogP contribution in [0, 0.1) is 5.92 Å². The van der Waals surface area contributed by atoms with Gasteiger partial charge in [0.2, 0.25) is 5.91 Å². The van der Waals surface area contributed by atoms with E-state index in [-0.39, 0.29) is 30.1 Å². The molecule has 2 rings (SSSR count). The summed E-state index contributed by atoms with van der Waals surface area (Å²) in [6.45, 7) is 7.83. The van der Waals surface area contributed by atoms with Gasteiger partial charge in [-0.05, 0) is 13.8 Å². The highest BCUT2D eigenvalue weighted by Crippen LogP contribution is 2.38. The molecule has 0 aromatic rings. The fraction of sp³-hybridized carbons (Fsp3) is 0.923. The summed E-state index contributed by atoms with van der Waals surface area (Å²) in [4.78, 5) is 11.6. The zero-order valence-electron chi connectivity index (χ0n) is 12.1. The van der Waals surface area contributed by atoms with E-state index in [4.69, 9.17) is 18.9 Å². The SMILES string of the molecule is COC1O[C@H](CNC(=O)C(C)C)[C@H]2OC(C)(C)O[C@@H]12. The summed E-state index contributed by atoms with van der Waals surface area (Å²) in [5.41, 5.74) is 0. The third-order valence-electron chi connectivity index (χ3n) is 3.34. The number of methoxy groups -OCH3 is 1. The van der Waals surface area contributed by atoms with E-state index in [0.29, 0.717) is 6.54 Å². The topological polar surface area (TPSA) is 66.0 Å². The van der Waals surface area contributed by atoms with Crippen LogP contribution in [0.4, 0.5) is 0 Å². The van der Waals surface area contributed by atoms with E-state index < -0.39 is 12.1 Å². The number of rotatable bonds is 4. The molecule has 0 saturated carbocycles. The van der Waals surface area contributed by atoms with Crippen LogP contribution < -0.4 is 5.32 Å². The Morgan fingerprint density at radius 3 is 2.53 bits per heavy atom. The number of hydrogen-bond acceptors (Lipinski definition) is 5. The molecular formula is C13H23NO5. The van der Waals surface area contributed by atoms with Crippen molar-refractivity contribution in [3.05, 3.63) is 0 Å². The number of carbonyl (C=O) groups excluding carboxylic acids is 1. The molecule has 0 bridgehead atoms. The Hall–Kier alpha value is -0.690. The lowest BCUT2D eigenvalue weighted by molar-refractivity contribution is -0.226. The van der Waals surface area contributed by atoms with Gasteiger partial charge in [0, 0.05) is 19.6 Å². The van der Waals surface area contributed by atoms with Crippen LogP contribution in [0.5, 0.6) is 0 Å². The van der Waals surface area contributed by atoms with Crippen LogP contribution in [0.2, 0.25) is 0 Å². The minimum atomic E-state index is -0.643. The third kappa shape index (κ3) is 3.08. The summed E-state index contributed by atoms with van der Waals surface area (Å²) >= 11 is 0. The summed E-state index contributed by atoms with van der Waals surface area (Å²) < 4.78 is 22.6. The summed E-state index contributed by atoms with van der Waals surface area (Å²) in [5.74, 6) is -0.692. The standard InChI is InChI=1S/C13H23NO5/c1-7(2)11(15)14-6-8-9-10(12(16-5)17-8)19-13(3,4)18-9/h7-10,12H,6H2,1-5H3,(H,14,15)/t8-,9-,10-,12?/m1/s1. The van der Waals surface area contributed by atoms with Crippen LogP contribution in [-0.2, 0) is 23.7 Å². The van der Waals surface area contributed by atoms with Crippen molar-refractivity contribution in [1.29, 1.82) is 0 Å². The third-order valence-corrected chi connectivity index (χ3v) is 3.34. The predicted octanol–water partition coefficient (Wildman–Crippen LogP) is 0.650. The number of carbonyl (C=O) groups is 1.